The second-order valence-electron chi connectivity index (χ2n) is 5.30. The molecular weight excluding hydrogens is 322 g/mol. The number of carbonyl (C=O) groups excluding carboxylic acids is 2. The summed E-state index contributed by atoms with van der Waals surface area (Å²) in [4.78, 5) is 36.0. The SMILES string of the molecule is CCC(=O)Nc1ccc(Cl)c(NC(=O)N2CCC(C(=O)O)C2)c1. The van der Waals surface area contributed by atoms with Gasteiger partial charge in [0.1, 0.15) is 0 Å². The van der Waals surface area contributed by atoms with Crippen molar-refractivity contribution in [3.05, 3.63) is 23.2 Å². The van der Waals surface area contributed by atoms with Crippen molar-refractivity contribution in [2.24, 2.45) is 5.92 Å². The normalized spacial score (nSPS) is 17.0. The predicted octanol–water partition coefficient (Wildman–Crippen LogP) is 2.63. The highest BCUT2D eigenvalue weighted by atomic mass is 35.5. The summed E-state index contributed by atoms with van der Waals surface area (Å²) in [5.41, 5.74) is 0.894. The van der Waals surface area contributed by atoms with Crippen molar-refractivity contribution in [1.29, 1.82) is 0 Å². The van der Waals surface area contributed by atoms with E-state index in [1.165, 1.54) is 4.90 Å². The number of hydrogen-bond acceptors (Lipinski definition) is 3. The van der Waals surface area contributed by atoms with Crippen LogP contribution in [0.3, 0.4) is 0 Å². The van der Waals surface area contributed by atoms with Crippen molar-refractivity contribution >= 4 is 40.9 Å². The molecule has 0 spiro atoms. The zero-order valence-electron chi connectivity index (χ0n) is 12.6. The summed E-state index contributed by atoms with van der Waals surface area (Å²) in [6, 6.07) is 4.38. The third kappa shape index (κ3) is 4.35. The number of nitrogens with one attached hydrogen (secondary N) is 2. The number of urea groups is 1. The number of halogens is 1. The highest BCUT2D eigenvalue weighted by Crippen LogP contribution is 2.27. The van der Waals surface area contributed by atoms with Gasteiger partial charge >= 0.3 is 12.0 Å². The second-order valence-corrected chi connectivity index (χ2v) is 5.70. The van der Waals surface area contributed by atoms with Crippen LogP contribution in [0, 0.1) is 5.92 Å². The van der Waals surface area contributed by atoms with Gasteiger partial charge in [-0.15, -0.1) is 0 Å². The molecule has 124 valence electrons. The zero-order valence-corrected chi connectivity index (χ0v) is 13.4. The van der Waals surface area contributed by atoms with Crippen molar-refractivity contribution < 1.29 is 19.5 Å². The molecule has 1 heterocycles. The molecule has 1 aromatic carbocycles. The van der Waals surface area contributed by atoms with Crippen LogP contribution >= 0.6 is 11.6 Å². The molecule has 0 radical (unpaired) electrons. The van der Waals surface area contributed by atoms with E-state index in [0.717, 1.165) is 0 Å². The summed E-state index contributed by atoms with van der Waals surface area (Å²) in [5.74, 6) is -1.58. The van der Waals surface area contributed by atoms with Crippen LogP contribution in [-0.4, -0.2) is 41.0 Å². The number of amides is 3. The Morgan fingerprint density at radius 1 is 1.35 bits per heavy atom. The average molecular weight is 340 g/mol. The van der Waals surface area contributed by atoms with Crippen molar-refractivity contribution in [2.75, 3.05) is 23.7 Å². The molecule has 1 aliphatic rings. The number of carboxylic acids is 1. The maximum atomic E-state index is 12.2. The van der Waals surface area contributed by atoms with Gasteiger partial charge in [-0.05, 0) is 24.6 Å². The first-order chi connectivity index (χ1) is 10.9. The molecule has 0 saturated carbocycles. The summed E-state index contributed by atoms with van der Waals surface area (Å²) in [5, 5.41) is 14.6. The number of hydrogen-bond donors (Lipinski definition) is 3. The minimum absolute atomic E-state index is 0.145. The fourth-order valence-electron chi connectivity index (χ4n) is 2.29. The second kappa shape index (κ2) is 7.32. The van der Waals surface area contributed by atoms with Crippen LogP contribution in [0.5, 0.6) is 0 Å². The summed E-state index contributed by atoms with van der Waals surface area (Å²) in [6.07, 6.45) is 0.776. The molecule has 1 atom stereocenters. The third-order valence-corrected chi connectivity index (χ3v) is 3.97. The zero-order chi connectivity index (χ0) is 17.0. The lowest BCUT2D eigenvalue weighted by Crippen LogP contribution is -2.33. The lowest BCUT2D eigenvalue weighted by molar-refractivity contribution is -0.141. The Bertz CT molecular complexity index is 635. The molecular formula is C15H18ClN3O4. The minimum atomic E-state index is -0.900. The lowest BCUT2D eigenvalue weighted by atomic mass is 10.1. The molecule has 1 saturated heterocycles. The van der Waals surface area contributed by atoms with E-state index in [9.17, 15) is 14.4 Å². The van der Waals surface area contributed by atoms with Gasteiger partial charge in [-0.2, -0.15) is 0 Å². The maximum absolute atomic E-state index is 12.2. The molecule has 1 aliphatic heterocycles. The molecule has 3 amide bonds. The van der Waals surface area contributed by atoms with Crippen LogP contribution in [0.1, 0.15) is 19.8 Å². The van der Waals surface area contributed by atoms with Gasteiger partial charge < -0.3 is 20.6 Å². The molecule has 0 aliphatic carbocycles. The topological polar surface area (TPSA) is 98.7 Å². The highest BCUT2D eigenvalue weighted by Gasteiger charge is 2.31. The maximum Gasteiger partial charge on any atom is 0.321 e. The first-order valence-electron chi connectivity index (χ1n) is 7.28. The molecule has 0 bridgehead atoms. The molecule has 3 N–H and O–H groups in total. The van der Waals surface area contributed by atoms with Crippen LogP contribution in [-0.2, 0) is 9.59 Å². The van der Waals surface area contributed by atoms with Gasteiger partial charge in [0.15, 0.2) is 0 Å². The van der Waals surface area contributed by atoms with Gasteiger partial charge in [0.05, 0.1) is 16.6 Å². The number of carboxylic acid groups (broad SMARTS) is 1. The van der Waals surface area contributed by atoms with E-state index in [4.69, 9.17) is 16.7 Å². The Labute approximate surface area is 138 Å². The van der Waals surface area contributed by atoms with Crippen LogP contribution < -0.4 is 10.6 Å². The van der Waals surface area contributed by atoms with Crippen LogP contribution in [0.25, 0.3) is 0 Å². The van der Waals surface area contributed by atoms with Crippen molar-refractivity contribution in [3.63, 3.8) is 0 Å². The summed E-state index contributed by atoms with van der Waals surface area (Å²) >= 11 is 6.06. The number of nitrogens with zero attached hydrogens (tertiary/aromatic N) is 1. The van der Waals surface area contributed by atoms with E-state index in [1.54, 1.807) is 25.1 Å². The number of likely N-dealkylation sites (tertiary alicyclic amines) is 1. The third-order valence-electron chi connectivity index (χ3n) is 3.64. The van der Waals surface area contributed by atoms with E-state index < -0.39 is 17.9 Å². The van der Waals surface area contributed by atoms with Gasteiger partial charge in [-0.3, -0.25) is 9.59 Å². The van der Waals surface area contributed by atoms with E-state index >= 15 is 0 Å². The van der Waals surface area contributed by atoms with E-state index in [0.29, 0.717) is 35.8 Å². The van der Waals surface area contributed by atoms with E-state index in [-0.39, 0.29) is 12.5 Å². The van der Waals surface area contributed by atoms with Gasteiger partial charge in [0.2, 0.25) is 5.91 Å². The van der Waals surface area contributed by atoms with E-state index in [1.807, 2.05) is 0 Å². The van der Waals surface area contributed by atoms with Gasteiger partial charge in [-0.1, -0.05) is 18.5 Å². The monoisotopic (exact) mass is 339 g/mol. The largest absolute Gasteiger partial charge is 0.481 e. The van der Waals surface area contributed by atoms with Crippen LogP contribution in [0.4, 0.5) is 16.2 Å². The standard InChI is InChI=1S/C15H18ClN3O4/c1-2-13(20)17-10-3-4-11(16)12(7-10)18-15(23)19-6-5-9(8-19)14(21)22/h3-4,7,9H,2,5-6,8H2,1H3,(H,17,20)(H,18,23)(H,21,22). The Morgan fingerprint density at radius 3 is 2.70 bits per heavy atom. The summed E-state index contributed by atoms with van der Waals surface area (Å²) in [6.45, 7) is 2.29. The fourth-order valence-corrected chi connectivity index (χ4v) is 2.45. The summed E-state index contributed by atoms with van der Waals surface area (Å²) in [7, 11) is 0. The molecule has 2 rings (SSSR count). The van der Waals surface area contributed by atoms with Gasteiger partial charge in [0, 0.05) is 25.2 Å². The Kier molecular flexibility index (Phi) is 5.44. The number of aliphatic carboxylic acids is 1. The van der Waals surface area contributed by atoms with E-state index in [2.05, 4.69) is 10.6 Å². The quantitative estimate of drug-likeness (QED) is 0.785. The van der Waals surface area contributed by atoms with Crippen molar-refractivity contribution in [1.82, 2.24) is 4.90 Å². The number of benzene rings is 1. The molecule has 1 aromatic rings. The molecule has 23 heavy (non-hydrogen) atoms. The highest BCUT2D eigenvalue weighted by molar-refractivity contribution is 6.33. The Morgan fingerprint density at radius 2 is 2.09 bits per heavy atom. The van der Waals surface area contributed by atoms with Crippen LogP contribution in [0.2, 0.25) is 5.02 Å². The summed E-state index contributed by atoms with van der Waals surface area (Å²) < 4.78 is 0. The Hall–Kier alpha value is -2.28. The first kappa shape index (κ1) is 17.1. The van der Waals surface area contributed by atoms with Crippen LogP contribution in [0.15, 0.2) is 18.2 Å². The minimum Gasteiger partial charge on any atom is -0.481 e. The lowest BCUT2D eigenvalue weighted by Gasteiger charge is -2.18. The Balaban J connectivity index is 2.04. The number of rotatable bonds is 4. The smallest absolute Gasteiger partial charge is 0.321 e. The average Bonchev–Trinajstić information content (AvgIpc) is 3.00. The molecule has 1 fully saturated rings. The first-order valence-corrected chi connectivity index (χ1v) is 7.66. The number of anilines is 2. The van der Waals surface area contributed by atoms with Gasteiger partial charge in [-0.25, -0.2) is 4.79 Å². The predicted molar refractivity (Wildman–Crippen MR) is 86.7 cm³/mol. The molecule has 7 nitrogen and oxygen atoms in total. The van der Waals surface area contributed by atoms with Crippen molar-refractivity contribution in [2.45, 2.75) is 19.8 Å². The molecule has 8 heteroatoms. The van der Waals surface area contributed by atoms with Gasteiger partial charge in [0.25, 0.3) is 0 Å². The number of carbonyl (C=O) groups is 3. The fraction of sp³-hybridized carbons (Fsp3) is 0.400. The van der Waals surface area contributed by atoms with Crippen molar-refractivity contribution in [3.8, 4) is 0 Å². The molecule has 0 aromatic heterocycles. The molecule has 1 unspecified atom stereocenters.